The number of imidazole rings is 2. The Labute approximate surface area is 275 Å². The highest BCUT2D eigenvalue weighted by Crippen LogP contribution is 2.58. The van der Waals surface area contributed by atoms with Crippen LogP contribution in [0.4, 0.5) is 4.79 Å². The van der Waals surface area contributed by atoms with Crippen LogP contribution in [0.3, 0.4) is 0 Å². The molecule has 2 unspecified atom stereocenters. The van der Waals surface area contributed by atoms with Gasteiger partial charge in [-0.1, -0.05) is 48.5 Å². The van der Waals surface area contributed by atoms with Crippen molar-refractivity contribution in [1.29, 1.82) is 0 Å². The number of fused-ring (bicyclic) bond motifs is 3. The van der Waals surface area contributed by atoms with Gasteiger partial charge in [0.15, 0.2) is 0 Å². The zero-order valence-electron chi connectivity index (χ0n) is 27.3. The number of benzene rings is 3. The van der Waals surface area contributed by atoms with E-state index in [0.717, 1.165) is 60.0 Å². The van der Waals surface area contributed by atoms with Crippen molar-refractivity contribution in [2.45, 2.75) is 83.0 Å². The van der Waals surface area contributed by atoms with Crippen LogP contribution >= 0.6 is 0 Å². The first-order valence-electron chi connectivity index (χ1n) is 17.2. The van der Waals surface area contributed by atoms with Crippen LogP contribution in [0.15, 0.2) is 73.1 Å². The summed E-state index contributed by atoms with van der Waals surface area (Å²) in [5.41, 5.74) is 6.34. The molecule has 8 nitrogen and oxygen atoms in total. The van der Waals surface area contributed by atoms with Gasteiger partial charge in [-0.05, 0) is 110 Å². The first kappa shape index (κ1) is 28.8. The summed E-state index contributed by atoms with van der Waals surface area (Å²) in [7, 11) is 0. The summed E-state index contributed by atoms with van der Waals surface area (Å²) >= 11 is 0. The summed E-state index contributed by atoms with van der Waals surface area (Å²) in [6.45, 7) is 6.49. The fourth-order valence-corrected chi connectivity index (χ4v) is 8.24. The van der Waals surface area contributed by atoms with Gasteiger partial charge in [0, 0.05) is 18.2 Å². The molecule has 3 aromatic carbocycles. The number of amides is 1. The van der Waals surface area contributed by atoms with Crippen LogP contribution in [-0.2, 0) is 4.74 Å². The van der Waals surface area contributed by atoms with Gasteiger partial charge in [0.25, 0.3) is 0 Å². The zero-order chi connectivity index (χ0) is 31.9. The number of aromatic nitrogens is 4. The number of ether oxygens (including phenoxy) is 1. The maximum absolute atomic E-state index is 13.1. The topological polar surface area (TPSA) is 98.9 Å². The fraction of sp³-hybridized carbons (Fsp3) is 0.410. The molecule has 2 bridgehead atoms. The first-order chi connectivity index (χ1) is 22.7. The van der Waals surface area contributed by atoms with Gasteiger partial charge < -0.3 is 20.0 Å². The number of hydrogen-bond donors (Lipinski definition) is 3. The van der Waals surface area contributed by atoms with E-state index in [0.29, 0.717) is 18.0 Å². The van der Waals surface area contributed by atoms with Crippen LogP contribution in [0, 0.1) is 11.3 Å². The smallest absolute Gasteiger partial charge is 0.410 e. The number of piperidine rings is 1. The first-order valence-corrected chi connectivity index (χ1v) is 17.2. The molecule has 3 N–H and O–H groups in total. The number of aromatic amines is 2. The number of hydrogen-bond acceptors (Lipinski definition) is 5. The molecule has 1 spiro atoms. The van der Waals surface area contributed by atoms with E-state index in [2.05, 4.69) is 75.9 Å². The highest BCUT2D eigenvalue weighted by Gasteiger charge is 2.55. The lowest BCUT2D eigenvalue weighted by molar-refractivity contribution is 0.0212. The van der Waals surface area contributed by atoms with Crippen LogP contribution in [0.2, 0.25) is 0 Å². The van der Waals surface area contributed by atoms with Gasteiger partial charge in [0.2, 0.25) is 0 Å². The Hall–Kier alpha value is -4.43. The number of H-pyrrole nitrogens is 2. The molecule has 2 aromatic heterocycles. The molecule has 2 aliphatic carbocycles. The zero-order valence-corrected chi connectivity index (χ0v) is 27.3. The normalized spacial score (nSPS) is 24.4. The van der Waals surface area contributed by atoms with Crippen LogP contribution < -0.4 is 5.32 Å². The number of rotatable bonds is 5. The third-order valence-electron chi connectivity index (χ3n) is 10.9. The Bertz CT molecular complexity index is 1980. The van der Waals surface area contributed by atoms with Crippen molar-refractivity contribution in [3.05, 3.63) is 84.7 Å². The van der Waals surface area contributed by atoms with E-state index in [1.54, 1.807) is 0 Å². The second-order valence-corrected chi connectivity index (χ2v) is 15.5. The van der Waals surface area contributed by atoms with Crippen molar-refractivity contribution in [3.63, 3.8) is 0 Å². The van der Waals surface area contributed by atoms with Crippen molar-refractivity contribution in [3.8, 4) is 33.6 Å². The van der Waals surface area contributed by atoms with Gasteiger partial charge in [-0.25, -0.2) is 14.8 Å². The number of nitrogens with zero attached hydrogens (tertiary/aromatic N) is 3. The SMILES string of the molecule is CC(C)(C)OC(=O)N1CC2(CC2)C[C@H]1c1ncc(-c2ccc3cc(-c4ccc(-c5cnc([C@H]6NC7CCC6C7)[nH]5)cc4)ccc3c2)[nH]1. The highest BCUT2D eigenvalue weighted by molar-refractivity contribution is 5.90. The van der Waals surface area contributed by atoms with Crippen molar-refractivity contribution in [1.82, 2.24) is 30.2 Å². The van der Waals surface area contributed by atoms with Crippen LogP contribution in [0.1, 0.15) is 83.0 Å². The second-order valence-electron chi connectivity index (χ2n) is 15.5. The van der Waals surface area contributed by atoms with Crippen LogP contribution in [0.25, 0.3) is 44.4 Å². The summed E-state index contributed by atoms with van der Waals surface area (Å²) in [5.74, 6) is 2.62. The predicted molar refractivity (Wildman–Crippen MR) is 184 cm³/mol. The van der Waals surface area contributed by atoms with Crippen molar-refractivity contribution >= 4 is 16.9 Å². The van der Waals surface area contributed by atoms with Crippen LogP contribution in [0.5, 0.6) is 0 Å². The van der Waals surface area contributed by atoms with E-state index in [4.69, 9.17) is 14.7 Å². The quantitative estimate of drug-likeness (QED) is 0.182. The van der Waals surface area contributed by atoms with E-state index >= 15 is 0 Å². The molecule has 2 aliphatic heterocycles. The predicted octanol–water partition coefficient (Wildman–Crippen LogP) is 8.56. The number of nitrogens with one attached hydrogen (secondary N) is 3. The van der Waals surface area contributed by atoms with Crippen molar-refractivity contribution in [2.24, 2.45) is 11.3 Å². The Balaban J connectivity index is 0.916. The average molecular weight is 627 g/mol. The fourth-order valence-electron chi connectivity index (χ4n) is 8.24. The summed E-state index contributed by atoms with van der Waals surface area (Å²) in [4.78, 5) is 31.7. The molecule has 4 atom stereocenters. The molecule has 8 heteroatoms. The molecule has 9 rings (SSSR count). The van der Waals surface area contributed by atoms with Crippen molar-refractivity contribution < 1.29 is 9.53 Å². The van der Waals surface area contributed by atoms with E-state index in [1.165, 1.54) is 41.2 Å². The molecule has 47 heavy (non-hydrogen) atoms. The summed E-state index contributed by atoms with van der Waals surface area (Å²) in [6, 6.07) is 22.9. The Morgan fingerprint density at radius 1 is 0.830 bits per heavy atom. The average Bonchev–Trinajstić information content (AvgIpc) is 3.69. The lowest BCUT2D eigenvalue weighted by Gasteiger charge is -2.27. The monoisotopic (exact) mass is 626 g/mol. The van der Waals surface area contributed by atoms with E-state index in [1.807, 2.05) is 38.1 Å². The lowest BCUT2D eigenvalue weighted by atomic mass is 9.98. The van der Waals surface area contributed by atoms with Gasteiger partial charge in [-0.3, -0.25) is 4.90 Å². The number of carbonyl (C=O) groups excluding carboxylic acids is 1. The van der Waals surface area contributed by atoms with Gasteiger partial charge in [0.1, 0.15) is 17.2 Å². The van der Waals surface area contributed by atoms with Crippen LogP contribution in [-0.4, -0.2) is 49.1 Å². The van der Waals surface area contributed by atoms with E-state index < -0.39 is 5.60 Å². The number of likely N-dealkylation sites (tertiary alicyclic amines) is 1. The summed E-state index contributed by atoms with van der Waals surface area (Å²) < 4.78 is 5.77. The lowest BCUT2D eigenvalue weighted by Crippen LogP contribution is -2.37. The molecular formula is C39H42N6O2. The molecular weight excluding hydrogens is 584 g/mol. The number of carbonyl (C=O) groups is 1. The molecule has 2 saturated heterocycles. The maximum Gasteiger partial charge on any atom is 0.410 e. The third kappa shape index (κ3) is 5.32. The third-order valence-corrected chi connectivity index (χ3v) is 10.9. The summed E-state index contributed by atoms with van der Waals surface area (Å²) in [6.07, 6.45) is 10.8. The van der Waals surface area contributed by atoms with E-state index in [-0.39, 0.29) is 17.6 Å². The van der Waals surface area contributed by atoms with Crippen molar-refractivity contribution in [2.75, 3.05) is 6.54 Å². The Kier molecular flexibility index (Phi) is 6.45. The van der Waals surface area contributed by atoms with Gasteiger partial charge in [-0.2, -0.15) is 0 Å². The molecule has 4 heterocycles. The van der Waals surface area contributed by atoms with Gasteiger partial charge >= 0.3 is 6.09 Å². The minimum absolute atomic E-state index is 0.0924. The molecule has 2 saturated carbocycles. The van der Waals surface area contributed by atoms with Gasteiger partial charge in [0.05, 0.1) is 35.9 Å². The largest absolute Gasteiger partial charge is 0.444 e. The maximum atomic E-state index is 13.1. The molecule has 240 valence electrons. The minimum atomic E-state index is -0.527. The minimum Gasteiger partial charge on any atom is -0.444 e. The second kappa shape index (κ2) is 10.5. The highest BCUT2D eigenvalue weighted by atomic mass is 16.6. The van der Waals surface area contributed by atoms with Gasteiger partial charge in [-0.15, -0.1) is 0 Å². The molecule has 4 fully saturated rings. The Morgan fingerprint density at radius 3 is 2.15 bits per heavy atom. The Morgan fingerprint density at radius 2 is 1.47 bits per heavy atom. The standard InChI is InChI=1S/C39H42N6O2/c1-38(2,3)47-37(46)45-22-39(14-15-39)19-33(45)35-40-21-32(43-35)28-11-10-26-16-25(8-9-27(26)17-28)23-4-6-24(7-5-23)31-20-41-36(44-31)34-29-12-13-30(18-29)42-34/h4-11,16-17,20-21,29-30,33-34,42H,12-15,18-19,22H2,1-3H3,(H,40,43)(H,41,44)/t29?,30?,33-,34-/m0/s1. The summed E-state index contributed by atoms with van der Waals surface area (Å²) in [5, 5.41) is 6.10. The molecule has 4 aliphatic rings. The van der Waals surface area contributed by atoms with E-state index in [9.17, 15) is 4.79 Å². The molecule has 0 radical (unpaired) electrons. The molecule has 5 aromatic rings. The molecule has 1 amide bonds.